The first-order chi connectivity index (χ1) is 41.6. The Morgan fingerprint density at radius 1 is 0.250 bits per heavy atom. The van der Waals surface area contributed by atoms with E-state index in [1.54, 1.807) is 0 Å². The highest BCUT2D eigenvalue weighted by Gasteiger charge is 2.24. The third-order valence-electron chi connectivity index (χ3n) is 18.0. The van der Waals surface area contributed by atoms with Crippen LogP contribution in [0.25, 0.3) is 133 Å². The molecule has 0 atom stereocenters. The molecule has 0 spiro atoms. The van der Waals surface area contributed by atoms with Crippen molar-refractivity contribution in [2.24, 2.45) is 0 Å². The van der Waals surface area contributed by atoms with Crippen molar-refractivity contribution in [1.82, 2.24) is 9.13 Å². The van der Waals surface area contributed by atoms with E-state index in [0.29, 0.717) is 0 Å². The van der Waals surface area contributed by atoms with Crippen LogP contribution in [0.1, 0.15) is 38.9 Å². The molecular weight excluding hydrogens is 1010 g/mol. The number of aromatic nitrogens is 2. The highest BCUT2D eigenvalue weighted by atomic mass is 15.0. The van der Waals surface area contributed by atoms with Gasteiger partial charge in [-0.15, -0.1) is 0 Å². The summed E-state index contributed by atoms with van der Waals surface area (Å²) in [5.41, 5.74) is 32.9. The molecule has 0 amide bonds. The maximum Gasteiger partial charge on any atom is 0.0541 e. The van der Waals surface area contributed by atoms with Gasteiger partial charge in [-0.2, -0.15) is 0 Å². The molecule has 0 N–H and O–H groups in total. The first-order valence-electron chi connectivity index (χ1n) is 29.3. The van der Waals surface area contributed by atoms with Crippen molar-refractivity contribution in [2.75, 3.05) is 0 Å². The second kappa shape index (κ2) is 19.4. The lowest BCUT2D eigenvalue weighted by Gasteiger charge is -2.12. The normalized spacial score (nSPS) is 12.5. The highest BCUT2D eigenvalue weighted by Crippen LogP contribution is 2.45. The van der Waals surface area contributed by atoms with Crippen LogP contribution in [0.15, 0.2) is 297 Å². The molecule has 2 aliphatic rings. The van der Waals surface area contributed by atoms with E-state index in [-0.39, 0.29) is 0 Å². The van der Waals surface area contributed by atoms with Gasteiger partial charge in [0.05, 0.1) is 22.1 Å². The Kier molecular flexibility index (Phi) is 11.1. The van der Waals surface area contributed by atoms with E-state index in [0.717, 1.165) is 18.4 Å². The fraction of sp³-hybridized carbons (Fsp3) is 0.0244. The van der Waals surface area contributed by atoms with Gasteiger partial charge in [0.2, 0.25) is 0 Å². The standard InChI is InChI=1S/C82H54N2/c1-4-14-56(15-5-1)76(44-53-24-26-54(27-25-53)62-36-42-81-77(51-62)74-20-10-12-22-79(74)83(81)68-16-6-2-7-17-68)57-30-28-55(29-31-57)58-32-38-70-64(45-58)49-65-46-59(33-39-71(65)70)60-34-40-72-66(47-60)50-67-48-61(35-41-73(67)72)63-37-43-82-78(52-63)75-21-11-13-23-80(75)84(82)69-18-8-3-9-19-69/h1-48,51-52H,49-50H2/b76-44+. The van der Waals surface area contributed by atoms with Crippen molar-refractivity contribution in [3.8, 4) is 78.1 Å². The minimum atomic E-state index is 0.926. The predicted octanol–water partition coefficient (Wildman–Crippen LogP) is 21.3. The van der Waals surface area contributed by atoms with Crippen molar-refractivity contribution in [3.05, 3.63) is 336 Å². The summed E-state index contributed by atoms with van der Waals surface area (Å²) in [5.74, 6) is 0. The van der Waals surface area contributed by atoms with Crippen LogP contribution in [0.3, 0.4) is 0 Å². The van der Waals surface area contributed by atoms with Crippen LogP contribution in [-0.4, -0.2) is 9.13 Å². The molecule has 2 heteroatoms. The Morgan fingerprint density at radius 3 is 1.02 bits per heavy atom. The maximum absolute atomic E-state index is 2.44. The predicted molar refractivity (Wildman–Crippen MR) is 353 cm³/mol. The zero-order chi connectivity index (χ0) is 55.2. The Morgan fingerprint density at radius 2 is 0.571 bits per heavy atom. The summed E-state index contributed by atoms with van der Waals surface area (Å²) in [5, 5.41) is 5.07. The molecule has 15 aromatic rings. The van der Waals surface area contributed by atoms with E-state index in [9.17, 15) is 0 Å². The molecule has 2 aliphatic carbocycles. The molecule has 0 saturated carbocycles. The molecule has 13 aromatic carbocycles. The lowest BCUT2D eigenvalue weighted by Crippen LogP contribution is -1.92. The maximum atomic E-state index is 2.44. The van der Waals surface area contributed by atoms with Crippen LogP contribution in [0.2, 0.25) is 0 Å². The van der Waals surface area contributed by atoms with Gasteiger partial charge in [-0.3, -0.25) is 0 Å². The molecule has 0 bridgehead atoms. The van der Waals surface area contributed by atoms with Gasteiger partial charge in [0.1, 0.15) is 0 Å². The summed E-state index contributed by atoms with van der Waals surface area (Å²) in [7, 11) is 0. The van der Waals surface area contributed by atoms with Gasteiger partial charge in [-0.25, -0.2) is 0 Å². The fourth-order valence-electron chi connectivity index (χ4n) is 13.9. The largest absolute Gasteiger partial charge is 0.309 e. The number of hydrogen-bond acceptors (Lipinski definition) is 0. The number of rotatable bonds is 9. The van der Waals surface area contributed by atoms with Gasteiger partial charge in [0, 0.05) is 32.9 Å². The van der Waals surface area contributed by atoms with E-state index >= 15 is 0 Å². The third-order valence-corrected chi connectivity index (χ3v) is 18.0. The molecule has 2 nitrogen and oxygen atoms in total. The molecule has 2 aromatic heterocycles. The first kappa shape index (κ1) is 48.0. The monoisotopic (exact) mass is 1070 g/mol. The molecule has 0 saturated heterocycles. The third kappa shape index (κ3) is 8.02. The van der Waals surface area contributed by atoms with Gasteiger partial charge in [-0.05, 0) is 191 Å². The summed E-state index contributed by atoms with van der Waals surface area (Å²) in [4.78, 5) is 0. The zero-order valence-corrected chi connectivity index (χ0v) is 46.2. The molecule has 84 heavy (non-hydrogen) atoms. The van der Waals surface area contributed by atoms with Crippen molar-refractivity contribution < 1.29 is 0 Å². The molecular formula is C82H54N2. The molecule has 0 fully saturated rings. The minimum Gasteiger partial charge on any atom is -0.309 e. The van der Waals surface area contributed by atoms with Crippen molar-refractivity contribution in [2.45, 2.75) is 12.8 Å². The number of benzene rings is 13. The summed E-state index contributed by atoms with van der Waals surface area (Å²) < 4.78 is 4.76. The molecule has 17 rings (SSSR count). The van der Waals surface area contributed by atoms with Crippen LogP contribution >= 0.6 is 0 Å². The number of nitrogens with zero attached hydrogens (tertiary/aromatic N) is 2. The quantitative estimate of drug-likeness (QED) is 0.128. The second-order valence-electron chi connectivity index (χ2n) is 22.8. The van der Waals surface area contributed by atoms with Crippen LogP contribution in [0.5, 0.6) is 0 Å². The van der Waals surface area contributed by atoms with E-state index in [1.807, 2.05) is 0 Å². The Bertz CT molecular complexity index is 5140. The van der Waals surface area contributed by atoms with Crippen LogP contribution < -0.4 is 0 Å². The van der Waals surface area contributed by atoms with E-state index in [4.69, 9.17) is 0 Å². The molecule has 0 aliphatic heterocycles. The van der Waals surface area contributed by atoms with Crippen LogP contribution in [0.4, 0.5) is 0 Å². The Balaban J connectivity index is 0.607. The SMILES string of the molecule is C(=C(/c1ccccc1)c1ccc(-c2ccc3c(c2)Cc2cc(-c4ccc5c(c4)Cc4cc(-c6ccc7c(c6)c6ccccc6n7-c6ccccc6)ccc4-5)ccc2-3)cc1)/c1ccc(-c2ccc3c(c2)c2ccccc2n3-c2ccccc2)cc1. The van der Waals surface area contributed by atoms with Crippen molar-refractivity contribution in [1.29, 1.82) is 0 Å². The summed E-state index contributed by atoms with van der Waals surface area (Å²) >= 11 is 0. The van der Waals surface area contributed by atoms with Crippen LogP contribution in [0, 0.1) is 0 Å². The zero-order valence-electron chi connectivity index (χ0n) is 46.2. The summed E-state index contributed by atoms with van der Waals surface area (Å²) in [6.07, 6.45) is 4.19. The number of fused-ring (bicyclic) bond motifs is 12. The van der Waals surface area contributed by atoms with E-state index < -0.39 is 0 Å². The topological polar surface area (TPSA) is 9.86 Å². The average molecular weight is 1070 g/mol. The van der Waals surface area contributed by atoms with Gasteiger partial charge in [0.15, 0.2) is 0 Å². The lowest BCUT2D eigenvalue weighted by atomic mass is 9.93. The summed E-state index contributed by atoms with van der Waals surface area (Å²) in [6, 6.07) is 110. The smallest absolute Gasteiger partial charge is 0.0541 e. The number of hydrogen-bond donors (Lipinski definition) is 0. The first-order valence-corrected chi connectivity index (χ1v) is 29.3. The molecule has 392 valence electrons. The Hall–Kier alpha value is -10.8. The average Bonchev–Trinajstić information content (AvgIpc) is 3.52. The molecule has 0 radical (unpaired) electrons. The van der Waals surface area contributed by atoms with Gasteiger partial charge < -0.3 is 9.13 Å². The second-order valence-corrected chi connectivity index (χ2v) is 22.8. The van der Waals surface area contributed by atoms with Gasteiger partial charge >= 0.3 is 0 Å². The Labute approximate surface area is 488 Å². The highest BCUT2D eigenvalue weighted by molar-refractivity contribution is 6.12. The molecule has 2 heterocycles. The summed E-state index contributed by atoms with van der Waals surface area (Å²) in [6.45, 7) is 0. The van der Waals surface area contributed by atoms with Crippen LogP contribution in [-0.2, 0) is 12.8 Å². The fourth-order valence-corrected chi connectivity index (χ4v) is 13.9. The minimum absolute atomic E-state index is 0.926. The van der Waals surface area contributed by atoms with E-state index in [1.165, 1.54) is 161 Å². The number of para-hydroxylation sites is 4. The van der Waals surface area contributed by atoms with Crippen molar-refractivity contribution in [3.63, 3.8) is 0 Å². The van der Waals surface area contributed by atoms with Gasteiger partial charge in [-0.1, -0.05) is 237 Å². The lowest BCUT2D eigenvalue weighted by molar-refractivity contribution is 1.18. The van der Waals surface area contributed by atoms with E-state index in [2.05, 4.69) is 312 Å². The molecule has 0 unspecified atom stereocenters. The van der Waals surface area contributed by atoms with Crippen molar-refractivity contribution >= 4 is 55.3 Å². The van der Waals surface area contributed by atoms with Gasteiger partial charge in [0.25, 0.3) is 0 Å².